The molecule has 0 aromatic rings. The summed E-state index contributed by atoms with van der Waals surface area (Å²) in [5.74, 6) is 0. The van der Waals surface area contributed by atoms with E-state index in [-0.39, 0.29) is 0 Å². The average Bonchev–Trinajstić information content (AvgIpc) is 2.82. The summed E-state index contributed by atoms with van der Waals surface area (Å²) < 4.78 is 32.2. The lowest BCUT2D eigenvalue weighted by Gasteiger charge is -2.25. The van der Waals surface area contributed by atoms with E-state index in [1.807, 2.05) is 0 Å². The van der Waals surface area contributed by atoms with Gasteiger partial charge in [0.2, 0.25) is 0 Å². The Kier molecular flexibility index (Phi) is 22.2. The number of hydrogen-bond acceptors (Lipinski definition) is 8. The van der Waals surface area contributed by atoms with Gasteiger partial charge in [-0.2, -0.15) is 0 Å². The van der Waals surface area contributed by atoms with E-state index in [0.29, 0.717) is 0 Å². The van der Waals surface area contributed by atoms with E-state index in [4.69, 9.17) is 26.6 Å². The third kappa shape index (κ3) is 14.8. The Morgan fingerprint density at radius 3 is 1.23 bits per heavy atom. The Bertz CT molecular complexity index is 368. The summed E-state index contributed by atoms with van der Waals surface area (Å²) in [4.78, 5) is 4.74. The van der Waals surface area contributed by atoms with Gasteiger partial charge < -0.3 is 36.4 Å². The SMILES string of the molecule is CCCCN(C)CCC[Si](OC)(OC)OC.CCN(CC)CCC[Si](OC)(OC)OC. The molecular formula is C21H52N2O6Si2. The molecule has 0 atom stereocenters. The van der Waals surface area contributed by atoms with Crippen LogP contribution in [0.1, 0.15) is 46.5 Å². The Hall–Kier alpha value is 0.114. The second-order valence-corrected chi connectivity index (χ2v) is 13.7. The molecule has 0 radical (unpaired) electrons. The third-order valence-corrected chi connectivity index (χ3v) is 11.3. The maximum atomic E-state index is 5.38. The molecule has 0 spiro atoms. The van der Waals surface area contributed by atoms with Crippen LogP contribution in [0.5, 0.6) is 0 Å². The Morgan fingerprint density at radius 2 is 0.903 bits per heavy atom. The fourth-order valence-electron chi connectivity index (χ4n) is 3.28. The zero-order chi connectivity index (χ0) is 24.2. The summed E-state index contributed by atoms with van der Waals surface area (Å²) in [5.41, 5.74) is 0. The van der Waals surface area contributed by atoms with Crippen LogP contribution in [-0.4, -0.2) is 110 Å². The highest BCUT2D eigenvalue weighted by molar-refractivity contribution is 6.60. The van der Waals surface area contributed by atoms with Crippen molar-refractivity contribution in [1.29, 1.82) is 0 Å². The molecule has 0 N–H and O–H groups in total. The van der Waals surface area contributed by atoms with E-state index < -0.39 is 17.6 Å². The highest BCUT2D eigenvalue weighted by Gasteiger charge is 2.37. The minimum absolute atomic E-state index is 0.882. The van der Waals surface area contributed by atoms with Crippen LogP contribution in [0.15, 0.2) is 0 Å². The molecular weight excluding hydrogens is 432 g/mol. The van der Waals surface area contributed by atoms with Crippen molar-refractivity contribution in [1.82, 2.24) is 9.80 Å². The first-order chi connectivity index (χ1) is 14.8. The van der Waals surface area contributed by atoms with Crippen molar-refractivity contribution in [3.05, 3.63) is 0 Å². The topological polar surface area (TPSA) is 61.9 Å². The van der Waals surface area contributed by atoms with Crippen molar-refractivity contribution in [2.45, 2.75) is 58.5 Å². The average molecular weight is 485 g/mol. The summed E-state index contributed by atoms with van der Waals surface area (Å²) in [6.45, 7) is 12.1. The number of nitrogens with zero attached hydrogens (tertiary/aromatic N) is 2. The van der Waals surface area contributed by atoms with Gasteiger partial charge >= 0.3 is 17.6 Å². The minimum atomic E-state index is -2.34. The first kappa shape index (κ1) is 33.3. The molecule has 10 heteroatoms. The van der Waals surface area contributed by atoms with Crippen molar-refractivity contribution < 1.29 is 26.6 Å². The molecule has 0 aromatic heterocycles. The molecule has 0 saturated carbocycles. The van der Waals surface area contributed by atoms with Crippen LogP contribution >= 0.6 is 0 Å². The highest BCUT2D eigenvalue weighted by Crippen LogP contribution is 2.16. The van der Waals surface area contributed by atoms with E-state index in [0.717, 1.165) is 57.7 Å². The quantitative estimate of drug-likeness (QED) is 0.258. The van der Waals surface area contributed by atoms with E-state index in [9.17, 15) is 0 Å². The van der Waals surface area contributed by atoms with E-state index in [1.165, 1.54) is 12.8 Å². The number of unbranched alkanes of at least 4 members (excludes halogenated alkanes) is 1. The van der Waals surface area contributed by atoms with Gasteiger partial charge in [0.1, 0.15) is 0 Å². The highest BCUT2D eigenvalue weighted by atomic mass is 28.4. The third-order valence-electron chi connectivity index (χ3n) is 5.63. The van der Waals surface area contributed by atoms with Gasteiger partial charge in [-0.25, -0.2) is 0 Å². The molecule has 0 unspecified atom stereocenters. The lowest BCUT2D eigenvalue weighted by Crippen LogP contribution is -2.43. The molecule has 0 rings (SSSR count). The van der Waals surface area contributed by atoms with Crippen LogP contribution in [0.2, 0.25) is 12.1 Å². The maximum absolute atomic E-state index is 5.38. The van der Waals surface area contributed by atoms with Crippen LogP contribution in [0.25, 0.3) is 0 Å². The van der Waals surface area contributed by atoms with Crippen molar-refractivity contribution in [2.24, 2.45) is 0 Å². The van der Waals surface area contributed by atoms with Gasteiger partial charge in [0.15, 0.2) is 0 Å². The van der Waals surface area contributed by atoms with Gasteiger partial charge in [0.25, 0.3) is 0 Å². The van der Waals surface area contributed by atoms with Crippen molar-refractivity contribution in [3.63, 3.8) is 0 Å². The molecule has 0 saturated heterocycles. The van der Waals surface area contributed by atoms with Crippen LogP contribution in [0.4, 0.5) is 0 Å². The summed E-state index contributed by atoms with van der Waals surface area (Å²) in [6, 6.07) is 1.76. The predicted molar refractivity (Wildman–Crippen MR) is 133 cm³/mol. The number of hydrogen-bond donors (Lipinski definition) is 0. The fourth-order valence-corrected chi connectivity index (χ4v) is 6.68. The summed E-state index contributed by atoms with van der Waals surface area (Å²) in [7, 11) is 7.47. The molecule has 0 bridgehead atoms. The van der Waals surface area contributed by atoms with Crippen LogP contribution < -0.4 is 0 Å². The van der Waals surface area contributed by atoms with Gasteiger partial charge in [-0.1, -0.05) is 27.2 Å². The molecule has 31 heavy (non-hydrogen) atoms. The zero-order valence-corrected chi connectivity index (χ0v) is 24.1. The van der Waals surface area contributed by atoms with Crippen molar-refractivity contribution in [3.8, 4) is 0 Å². The molecule has 0 fully saturated rings. The van der Waals surface area contributed by atoms with Gasteiger partial charge in [0, 0.05) is 54.7 Å². The molecule has 0 aromatic carbocycles. The smallest absolute Gasteiger partial charge is 0.377 e. The molecule has 0 aliphatic rings. The lowest BCUT2D eigenvalue weighted by atomic mass is 10.3. The normalized spacial score (nSPS) is 12.4. The van der Waals surface area contributed by atoms with Gasteiger partial charge in [-0.15, -0.1) is 0 Å². The Balaban J connectivity index is 0. The van der Waals surface area contributed by atoms with Crippen LogP contribution in [0, 0.1) is 0 Å². The Morgan fingerprint density at radius 1 is 0.548 bits per heavy atom. The Labute approximate surface area is 195 Å². The molecule has 190 valence electrons. The lowest BCUT2D eigenvalue weighted by molar-refractivity contribution is 0.121. The molecule has 0 amide bonds. The van der Waals surface area contributed by atoms with Crippen molar-refractivity contribution in [2.75, 3.05) is 82.4 Å². The van der Waals surface area contributed by atoms with Gasteiger partial charge in [0.05, 0.1) is 0 Å². The predicted octanol–water partition coefficient (Wildman–Crippen LogP) is 3.58. The van der Waals surface area contributed by atoms with E-state index in [2.05, 4.69) is 37.6 Å². The van der Waals surface area contributed by atoms with Gasteiger partial charge in [-0.05, 0) is 59.0 Å². The monoisotopic (exact) mass is 484 g/mol. The first-order valence-electron chi connectivity index (χ1n) is 11.5. The standard InChI is InChI=1S/C11H27NO3Si.C10H25NO3Si/c1-6-7-9-12(2)10-8-11-16(13-3,14-4)15-5;1-6-11(7-2)9-8-10-15(12-3,13-4)14-5/h6-11H2,1-5H3;6-10H2,1-5H3. The molecule has 0 aliphatic carbocycles. The molecule has 0 aliphatic heterocycles. The fraction of sp³-hybridized carbons (Fsp3) is 1.00. The zero-order valence-electron chi connectivity index (χ0n) is 22.1. The minimum Gasteiger partial charge on any atom is -0.377 e. The number of rotatable bonds is 19. The summed E-state index contributed by atoms with van der Waals surface area (Å²) in [5, 5.41) is 0. The van der Waals surface area contributed by atoms with Gasteiger partial charge in [-0.3, -0.25) is 0 Å². The second-order valence-electron chi connectivity index (χ2n) is 7.48. The van der Waals surface area contributed by atoms with Crippen molar-refractivity contribution >= 4 is 17.6 Å². The largest absolute Gasteiger partial charge is 0.500 e. The van der Waals surface area contributed by atoms with E-state index in [1.54, 1.807) is 42.7 Å². The molecule has 0 heterocycles. The summed E-state index contributed by atoms with van der Waals surface area (Å²) >= 11 is 0. The second kappa shape index (κ2) is 20.7. The van der Waals surface area contributed by atoms with E-state index >= 15 is 0 Å². The molecule has 8 nitrogen and oxygen atoms in total. The first-order valence-corrected chi connectivity index (χ1v) is 15.4. The maximum Gasteiger partial charge on any atom is 0.500 e. The van der Waals surface area contributed by atoms with Crippen LogP contribution in [-0.2, 0) is 26.6 Å². The summed E-state index contributed by atoms with van der Waals surface area (Å²) in [6.07, 6.45) is 4.63. The van der Waals surface area contributed by atoms with Crippen LogP contribution in [0.3, 0.4) is 0 Å².